The second kappa shape index (κ2) is 5.51. The number of thiophene rings is 1. The van der Waals surface area contributed by atoms with Gasteiger partial charge >= 0.3 is 0 Å². The van der Waals surface area contributed by atoms with E-state index < -0.39 is 0 Å². The monoisotopic (exact) mass is 343 g/mol. The molecule has 126 valence electrons. The second-order valence-corrected chi connectivity index (χ2v) is 8.66. The highest BCUT2D eigenvalue weighted by molar-refractivity contribution is 7.15. The lowest BCUT2D eigenvalue weighted by Gasteiger charge is -2.33. The van der Waals surface area contributed by atoms with Crippen LogP contribution in [0.25, 0.3) is 22.4 Å². The highest BCUT2D eigenvalue weighted by Gasteiger charge is 2.30. The lowest BCUT2D eigenvalue weighted by Crippen LogP contribution is -2.26. The lowest BCUT2D eigenvalue weighted by atomic mass is 9.72. The lowest BCUT2D eigenvalue weighted by molar-refractivity contribution is 0.217. The summed E-state index contributed by atoms with van der Waals surface area (Å²) in [6, 6.07) is 2.23. The molecule has 3 aromatic rings. The third-order valence-corrected chi connectivity index (χ3v) is 6.10. The van der Waals surface area contributed by atoms with Crippen molar-refractivity contribution in [1.82, 2.24) is 25.2 Å². The SMILES string of the molecule is Cn1nncc1-c1nnc(-c2cc3c(s2)CCC(C(C)(C)C)C3)o1. The number of fused-ring (bicyclic) bond motifs is 1. The van der Waals surface area contributed by atoms with E-state index in [0.717, 1.165) is 29.3 Å². The molecule has 1 unspecified atom stereocenters. The van der Waals surface area contributed by atoms with Crippen LogP contribution in [0, 0.1) is 11.3 Å². The van der Waals surface area contributed by atoms with Crippen LogP contribution in [0.1, 0.15) is 37.6 Å². The molecule has 0 aromatic carbocycles. The maximum Gasteiger partial charge on any atom is 0.267 e. The van der Waals surface area contributed by atoms with Crippen molar-refractivity contribution < 1.29 is 4.42 Å². The first-order valence-electron chi connectivity index (χ1n) is 8.22. The molecule has 0 fully saturated rings. The van der Waals surface area contributed by atoms with E-state index in [9.17, 15) is 0 Å². The molecule has 0 N–H and O–H groups in total. The molecule has 1 atom stereocenters. The Labute approximate surface area is 144 Å². The molecule has 24 heavy (non-hydrogen) atoms. The van der Waals surface area contributed by atoms with Gasteiger partial charge in [0.2, 0.25) is 0 Å². The van der Waals surface area contributed by atoms with Crippen molar-refractivity contribution in [2.75, 3.05) is 0 Å². The van der Waals surface area contributed by atoms with E-state index in [1.165, 1.54) is 16.9 Å². The van der Waals surface area contributed by atoms with Gasteiger partial charge in [0, 0.05) is 11.9 Å². The summed E-state index contributed by atoms with van der Waals surface area (Å²) < 4.78 is 7.48. The molecule has 3 heterocycles. The van der Waals surface area contributed by atoms with Gasteiger partial charge in [0.05, 0.1) is 11.1 Å². The average Bonchev–Trinajstić information content (AvgIpc) is 3.23. The van der Waals surface area contributed by atoms with Crippen molar-refractivity contribution in [2.24, 2.45) is 18.4 Å². The molecule has 3 aromatic heterocycles. The van der Waals surface area contributed by atoms with Crippen molar-refractivity contribution in [3.05, 3.63) is 22.7 Å². The maximum atomic E-state index is 5.85. The van der Waals surface area contributed by atoms with E-state index in [4.69, 9.17) is 4.42 Å². The molecule has 0 amide bonds. The largest absolute Gasteiger partial charge is 0.414 e. The molecule has 0 saturated heterocycles. The summed E-state index contributed by atoms with van der Waals surface area (Å²) in [7, 11) is 1.81. The van der Waals surface area contributed by atoms with Crippen LogP contribution in [0.15, 0.2) is 16.7 Å². The zero-order valence-electron chi connectivity index (χ0n) is 14.4. The van der Waals surface area contributed by atoms with Gasteiger partial charge in [0.15, 0.2) is 0 Å². The number of hydrogen-bond acceptors (Lipinski definition) is 6. The van der Waals surface area contributed by atoms with Crippen molar-refractivity contribution in [3.8, 4) is 22.4 Å². The highest BCUT2D eigenvalue weighted by atomic mass is 32.1. The Morgan fingerprint density at radius 3 is 2.75 bits per heavy atom. The van der Waals surface area contributed by atoms with E-state index in [2.05, 4.69) is 47.3 Å². The number of hydrogen-bond donors (Lipinski definition) is 0. The number of nitrogens with zero attached hydrogens (tertiary/aromatic N) is 5. The van der Waals surface area contributed by atoms with Crippen LogP contribution in [0.5, 0.6) is 0 Å². The summed E-state index contributed by atoms with van der Waals surface area (Å²) in [6.07, 6.45) is 5.17. The third-order valence-electron chi connectivity index (χ3n) is 4.88. The zero-order valence-corrected chi connectivity index (χ0v) is 15.2. The van der Waals surface area contributed by atoms with Gasteiger partial charge in [-0.25, -0.2) is 4.68 Å². The fraction of sp³-hybridized carbons (Fsp3) is 0.529. The molecule has 4 rings (SSSR count). The molecule has 1 aliphatic carbocycles. The predicted octanol–water partition coefficient (Wildman–Crippen LogP) is 3.74. The Hall–Kier alpha value is -2.02. The maximum absolute atomic E-state index is 5.85. The van der Waals surface area contributed by atoms with Crippen molar-refractivity contribution >= 4 is 11.3 Å². The standard InChI is InChI=1S/C17H21N5OS/c1-17(2,3)11-5-6-13-10(7-11)8-14(24-13)16-20-19-15(23-16)12-9-18-21-22(12)4/h8-9,11H,5-7H2,1-4H3. The van der Waals surface area contributed by atoms with E-state index in [1.54, 1.807) is 22.2 Å². The first-order valence-corrected chi connectivity index (χ1v) is 9.04. The number of rotatable bonds is 2. The van der Waals surface area contributed by atoms with Crippen LogP contribution in [0.4, 0.5) is 0 Å². The first-order chi connectivity index (χ1) is 11.4. The Bertz CT molecular complexity index is 870. The molecule has 6 nitrogen and oxygen atoms in total. The molecule has 0 saturated carbocycles. The molecular weight excluding hydrogens is 322 g/mol. The van der Waals surface area contributed by atoms with Crippen LogP contribution in [0.2, 0.25) is 0 Å². The van der Waals surface area contributed by atoms with E-state index in [1.807, 2.05) is 7.05 Å². The fourth-order valence-electron chi connectivity index (χ4n) is 3.28. The third kappa shape index (κ3) is 2.66. The normalized spacial score (nSPS) is 17.9. The Kier molecular flexibility index (Phi) is 3.56. The van der Waals surface area contributed by atoms with Crippen LogP contribution in [-0.4, -0.2) is 25.2 Å². The summed E-state index contributed by atoms with van der Waals surface area (Å²) in [5, 5.41) is 16.1. The van der Waals surface area contributed by atoms with Gasteiger partial charge < -0.3 is 4.42 Å². The van der Waals surface area contributed by atoms with E-state index in [0.29, 0.717) is 17.2 Å². The van der Waals surface area contributed by atoms with Gasteiger partial charge in [-0.05, 0) is 42.2 Å². The van der Waals surface area contributed by atoms with Crippen LogP contribution in [0.3, 0.4) is 0 Å². The molecule has 0 bridgehead atoms. The summed E-state index contributed by atoms with van der Waals surface area (Å²) in [5.74, 6) is 1.76. The Balaban J connectivity index is 1.62. The van der Waals surface area contributed by atoms with Gasteiger partial charge in [0.1, 0.15) is 5.69 Å². The second-order valence-electron chi connectivity index (χ2n) is 7.52. The van der Waals surface area contributed by atoms with Gasteiger partial charge in [-0.2, -0.15) is 0 Å². The Morgan fingerprint density at radius 2 is 2.04 bits per heavy atom. The molecular formula is C17H21N5OS. The van der Waals surface area contributed by atoms with E-state index in [-0.39, 0.29) is 0 Å². The van der Waals surface area contributed by atoms with Crippen molar-refractivity contribution in [2.45, 2.75) is 40.0 Å². The molecule has 0 aliphatic heterocycles. The minimum absolute atomic E-state index is 0.351. The predicted molar refractivity (Wildman–Crippen MR) is 92.6 cm³/mol. The van der Waals surface area contributed by atoms with Crippen molar-refractivity contribution in [3.63, 3.8) is 0 Å². The van der Waals surface area contributed by atoms with Crippen LogP contribution in [-0.2, 0) is 19.9 Å². The summed E-state index contributed by atoms with van der Waals surface area (Å²) in [4.78, 5) is 2.52. The topological polar surface area (TPSA) is 69.6 Å². The fourth-order valence-corrected chi connectivity index (χ4v) is 4.41. The van der Waals surface area contributed by atoms with Crippen LogP contribution < -0.4 is 0 Å². The van der Waals surface area contributed by atoms with Gasteiger partial charge in [-0.1, -0.05) is 26.0 Å². The highest BCUT2D eigenvalue weighted by Crippen LogP contribution is 2.42. The molecule has 7 heteroatoms. The van der Waals surface area contributed by atoms with Gasteiger partial charge in [-0.3, -0.25) is 0 Å². The van der Waals surface area contributed by atoms with Gasteiger partial charge in [0.25, 0.3) is 11.8 Å². The molecule has 1 aliphatic rings. The average molecular weight is 343 g/mol. The number of aromatic nitrogens is 5. The first kappa shape index (κ1) is 15.5. The molecule has 0 radical (unpaired) electrons. The summed E-state index contributed by atoms with van der Waals surface area (Å²) in [6.45, 7) is 7.01. The Morgan fingerprint density at radius 1 is 1.25 bits per heavy atom. The van der Waals surface area contributed by atoms with E-state index >= 15 is 0 Å². The minimum atomic E-state index is 0.351. The number of aryl methyl sites for hydroxylation is 2. The minimum Gasteiger partial charge on any atom is -0.414 e. The zero-order chi connectivity index (χ0) is 16.9. The summed E-state index contributed by atoms with van der Waals surface area (Å²) >= 11 is 1.78. The molecule has 0 spiro atoms. The van der Waals surface area contributed by atoms with Crippen LogP contribution >= 0.6 is 11.3 Å². The quantitative estimate of drug-likeness (QED) is 0.709. The smallest absolute Gasteiger partial charge is 0.267 e. The van der Waals surface area contributed by atoms with Gasteiger partial charge in [-0.15, -0.1) is 26.6 Å². The van der Waals surface area contributed by atoms with Crippen molar-refractivity contribution in [1.29, 1.82) is 0 Å². The summed E-state index contributed by atoms with van der Waals surface area (Å²) in [5.41, 5.74) is 2.52.